The van der Waals surface area contributed by atoms with Crippen LogP contribution in [-0.2, 0) is 9.47 Å². The summed E-state index contributed by atoms with van der Waals surface area (Å²) in [4.78, 5) is 0. The molecule has 1 N–H and O–H groups in total. The molecule has 0 aromatic heterocycles. The molecule has 72 valence electrons. The Morgan fingerprint density at radius 2 is 1.75 bits per heavy atom. The summed E-state index contributed by atoms with van der Waals surface area (Å²) in [5.41, 5.74) is -0.214. The van der Waals surface area contributed by atoms with Gasteiger partial charge in [0.15, 0.2) is 5.79 Å². The van der Waals surface area contributed by atoms with E-state index in [1.165, 1.54) is 0 Å². The molecule has 3 nitrogen and oxygen atoms in total. The lowest BCUT2D eigenvalue weighted by Gasteiger charge is -2.41. The fourth-order valence-corrected chi connectivity index (χ4v) is 1.03. The molecular weight excluding hydrogens is 156 g/mol. The highest BCUT2D eigenvalue weighted by Crippen LogP contribution is 2.30. The molecular formula is C9H18O3. The maximum atomic E-state index is 9.03. The predicted octanol–water partition coefficient (Wildman–Crippen LogP) is 1.16. The van der Waals surface area contributed by atoms with E-state index in [1.54, 1.807) is 0 Å². The molecule has 1 saturated heterocycles. The molecule has 0 saturated carbocycles. The molecule has 0 atom stereocenters. The van der Waals surface area contributed by atoms with Crippen LogP contribution in [0.4, 0.5) is 0 Å². The monoisotopic (exact) mass is 174 g/mol. The zero-order valence-corrected chi connectivity index (χ0v) is 8.09. The fourth-order valence-electron chi connectivity index (χ4n) is 1.03. The number of ether oxygens (including phenoxy) is 2. The number of aliphatic hydroxyl groups is 1. The van der Waals surface area contributed by atoms with E-state index < -0.39 is 5.79 Å². The van der Waals surface area contributed by atoms with Crippen LogP contribution in [0.15, 0.2) is 0 Å². The van der Waals surface area contributed by atoms with Crippen LogP contribution in [0, 0.1) is 5.41 Å². The molecule has 0 aromatic carbocycles. The Kier molecular flexibility index (Phi) is 2.76. The third-order valence-corrected chi connectivity index (χ3v) is 2.48. The van der Waals surface area contributed by atoms with Crippen molar-refractivity contribution >= 4 is 0 Å². The van der Waals surface area contributed by atoms with Crippen molar-refractivity contribution in [3.8, 4) is 0 Å². The van der Waals surface area contributed by atoms with E-state index in [0.29, 0.717) is 13.2 Å². The highest BCUT2D eigenvalue weighted by molar-refractivity contribution is 4.79. The molecule has 1 rings (SSSR count). The van der Waals surface area contributed by atoms with Crippen LogP contribution in [0.25, 0.3) is 0 Å². The Balaban J connectivity index is 2.49. The van der Waals surface area contributed by atoms with Crippen molar-refractivity contribution < 1.29 is 14.6 Å². The van der Waals surface area contributed by atoms with Gasteiger partial charge < -0.3 is 14.6 Å². The molecule has 12 heavy (non-hydrogen) atoms. The summed E-state index contributed by atoms with van der Waals surface area (Å²) in [6, 6.07) is 0. The second-order valence-corrected chi connectivity index (χ2v) is 4.03. The van der Waals surface area contributed by atoms with Crippen LogP contribution in [0.3, 0.4) is 0 Å². The summed E-state index contributed by atoms with van der Waals surface area (Å²) < 4.78 is 11.1. The van der Waals surface area contributed by atoms with Crippen LogP contribution in [-0.4, -0.2) is 30.7 Å². The van der Waals surface area contributed by atoms with Gasteiger partial charge in [-0.15, -0.1) is 0 Å². The Morgan fingerprint density at radius 1 is 1.25 bits per heavy atom. The van der Waals surface area contributed by atoms with E-state index in [1.807, 2.05) is 20.8 Å². The van der Waals surface area contributed by atoms with Gasteiger partial charge in [0.05, 0.1) is 19.8 Å². The van der Waals surface area contributed by atoms with Crippen molar-refractivity contribution in [1.29, 1.82) is 0 Å². The maximum absolute atomic E-state index is 9.03. The van der Waals surface area contributed by atoms with Crippen LogP contribution in [0.5, 0.6) is 0 Å². The Hall–Kier alpha value is -0.120. The molecule has 0 spiro atoms. The standard InChI is InChI=1S/C9H18O3/c1-4-9(3)11-6-8(2,5-10)7-12-9/h10H,4-7H2,1-3H3. The van der Waals surface area contributed by atoms with Crippen LogP contribution < -0.4 is 0 Å². The Bertz CT molecular complexity index is 130. The second kappa shape index (κ2) is 3.32. The molecule has 0 radical (unpaired) electrons. The molecule has 1 heterocycles. The highest BCUT2D eigenvalue weighted by Gasteiger charge is 2.37. The minimum absolute atomic E-state index is 0.118. The number of aliphatic hydroxyl groups excluding tert-OH is 1. The van der Waals surface area contributed by atoms with Gasteiger partial charge in [0, 0.05) is 5.41 Å². The van der Waals surface area contributed by atoms with Gasteiger partial charge in [-0.2, -0.15) is 0 Å². The number of hydrogen-bond donors (Lipinski definition) is 1. The third kappa shape index (κ3) is 1.97. The Labute approximate surface area is 73.7 Å². The van der Waals surface area contributed by atoms with Gasteiger partial charge >= 0.3 is 0 Å². The zero-order valence-electron chi connectivity index (χ0n) is 8.09. The SMILES string of the molecule is CCC1(C)OCC(C)(CO)CO1. The van der Waals surface area contributed by atoms with Gasteiger partial charge in [-0.1, -0.05) is 13.8 Å². The molecule has 3 heteroatoms. The van der Waals surface area contributed by atoms with Crippen molar-refractivity contribution in [2.45, 2.75) is 33.0 Å². The number of rotatable bonds is 2. The fraction of sp³-hybridized carbons (Fsp3) is 1.00. The molecule has 1 aliphatic heterocycles. The topological polar surface area (TPSA) is 38.7 Å². The minimum atomic E-state index is -0.436. The molecule has 0 unspecified atom stereocenters. The smallest absolute Gasteiger partial charge is 0.165 e. The summed E-state index contributed by atoms with van der Waals surface area (Å²) in [5, 5.41) is 9.03. The molecule has 0 amide bonds. The first-order chi connectivity index (χ1) is 5.54. The summed E-state index contributed by atoms with van der Waals surface area (Å²) in [7, 11) is 0. The molecule has 0 aromatic rings. The Morgan fingerprint density at radius 3 is 2.08 bits per heavy atom. The summed E-state index contributed by atoms with van der Waals surface area (Å²) in [6.07, 6.45) is 0.842. The minimum Gasteiger partial charge on any atom is -0.396 e. The van der Waals surface area contributed by atoms with Gasteiger partial charge in [-0.3, -0.25) is 0 Å². The third-order valence-electron chi connectivity index (χ3n) is 2.48. The van der Waals surface area contributed by atoms with Gasteiger partial charge in [-0.05, 0) is 13.3 Å². The maximum Gasteiger partial charge on any atom is 0.165 e. The van der Waals surface area contributed by atoms with E-state index in [4.69, 9.17) is 14.6 Å². The zero-order chi connectivity index (χ0) is 9.24. The predicted molar refractivity (Wildman–Crippen MR) is 45.8 cm³/mol. The summed E-state index contributed by atoms with van der Waals surface area (Å²) in [6.45, 7) is 7.20. The van der Waals surface area contributed by atoms with E-state index in [2.05, 4.69) is 0 Å². The first-order valence-corrected chi connectivity index (χ1v) is 4.42. The number of hydrogen-bond acceptors (Lipinski definition) is 3. The van der Waals surface area contributed by atoms with Crippen LogP contribution in [0.2, 0.25) is 0 Å². The lowest BCUT2D eigenvalue weighted by Crippen LogP contribution is -2.48. The van der Waals surface area contributed by atoms with Crippen LogP contribution >= 0.6 is 0 Å². The van der Waals surface area contributed by atoms with Gasteiger partial charge in [0.1, 0.15) is 0 Å². The van der Waals surface area contributed by atoms with E-state index in [-0.39, 0.29) is 12.0 Å². The van der Waals surface area contributed by atoms with Crippen molar-refractivity contribution in [2.75, 3.05) is 19.8 Å². The molecule has 1 aliphatic rings. The quantitative estimate of drug-likeness (QED) is 0.682. The largest absolute Gasteiger partial charge is 0.396 e. The van der Waals surface area contributed by atoms with Crippen molar-refractivity contribution in [3.63, 3.8) is 0 Å². The average Bonchev–Trinajstić information content (AvgIpc) is 2.11. The van der Waals surface area contributed by atoms with Gasteiger partial charge in [0.2, 0.25) is 0 Å². The lowest BCUT2D eigenvalue weighted by atomic mass is 9.93. The summed E-state index contributed by atoms with van der Waals surface area (Å²) in [5.74, 6) is -0.436. The van der Waals surface area contributed by atoms with Crippen molar-refractivity contribution in [1.82, 2.24) is 0 Å². The van der Waals surface area contributed by atoms with E-state index in [0.717, 1.165) is 6.42 Å². The van der Waals surface area contributed by atoms with Crippen molar-refractivity contribution in [3.05, 3.63) is 0 Å². The highest BCUT2D eigenvalue weighted by atomic mass is 16.7. The van der Waals surface area contributed by atoms with Gasteiger partial charge in [-0.25, -0.2) is 0 Å². The first kappa shape index (κ1) is 9.96. The second-order valence-electron chi connectivity index (χ2n) is 4.03. The molecule has 1 fully saturated rings. The normalized spacial score (nSPS) is 43.0. The molecule has 0 bridgehead atoms. The van der Waals surface area contributed by atoms with Gasteiger partial charge in [0.25, 0.3) is 0 Å². The van der Waals surface area contributed by atoms with E-state index in [9.17, 15) is 0 Å². The molecule has 0 aliphatic carbocycles. The lowest BCUT2D eigenvalue weighted by molar-refractivity contribution is -0.296. The van der Waals surface area contributed by atoms with E-state index >= 15 is 0 Å². The average molecular weight is 174 g/mol. The summed E-state index contributed by atoms with van der Waals surface area (Å²) >= 11 is 0. The van der Waals surface area contributed by atoms with Crippen LogP contribution in [0.1, 0.15) is 27.2 Å². The first-order valence-electron chi connectivity index (χ1n) is 4.42. The van der Waals surface area contributed by atoms with Crippen molar-refractivity contribution in [2.24, 2.45) is 5.41 Å².